The zero-order valence-corrected chi connectivity index (χ0v) is 14.6. The van der Waals surface area contributed by atoms with Crippen LogP contribution in [0.25, 0.3) is 0 Å². The number of ether oxygens (including phenoxy) is 1. The van der Waals surface area contributed by atoms with Gasteiger partial charge in [-0.3, -0.25) is 9.69 Å². The molecule has 1 aromatic carbocycles. The third-order valence-electron chi connectivity index (χ3n) is 4.28. The van der Waals surface area contributed by atoms with Gasteiger partial charge in [-0.05, 0) is 50.9 Å². The Morgan fingerprint density at radius 2 is 2.04 bits per heavy atom. The fourth-order valence-corrected chi connectivity index (χ4v) is 3.17. The summed E-state index contributed by atoms with van der Waals surface area (Å²) < 4.78 is 5.36. The first-order valence-corrected chi connectivity index (χ1v) is 8.45. The van der Waals surface area contributed by atoms with E-state index in [0.29, 0.717) is 13.1 Å². The lowest BCUT2D eigenvalue weighted by Gasteiger charge is -2.36. The van der Waals surface area contributed by atoms with Gasteiger partial charge in [0.1, 0.15) is 12.1 Å². The normalized spacial score (nSPS) is 18.4. The maximum Gasteiger partial charge on any atom is 0.410 e. The van der Waals surface area contributed by atoms with Crippen LogP contribution in [0.1, 0.15) is 31.9 Å². The van der Waals surface area contributed by atoms with Gasteiger partial charge in [-0.1, -0.05) is 12.1 Å². The highest BCUT2D eigenvalue weighted by molar-refractivity contribution is 5.98. The number of hydrogen-bond acceptors (Lipinski definition) is 4. The summed E-state index contributed by atoms with van der Waals surface area (Å²) in [5.74, 6) is -0.0564. The summed E-state index contributed by atoms with van der Waals surface area (Å²) >= 11 is 0. The molecule has 130 valence electrons. The highest BCUT2D eigenvalue weighted by Gasteiger charge is 2.32. The molecular weight excluding hydrogens is 306 g/mol. The Labute approximate surface area is 142 Å². The largest absolute Gasteiger partial charge is 0.444 e. The van der Waals surface area contributed by atoms with Crippen LogP contribution in [-0.4, -0.2) is 48.7 Å². The van der Waals surface area contributed by atoms with E-state index in [-0.39, 0.29) is 12.5 Å². The monoisotopic (exact) mass is 331 g/mol. The number of anilines is 1. The minimum atomic E-state index is -0.553. The van der Waals surface area contributed by atoms with Crippen LogP contribution in [0.15, 0.2) is 18.2 Å². The van der Waals surface area contributed by atoms with Gasteiger partial charge in [-0.2, -0.15) is 0 Å². The third-order valence-corrected chi connectivity index (χ3v) is 4.28. The molecule has 2 amide bonds. The van der Waals surface area contributed by atoms with Crippen molar-refractivity contribution in [1.29, 1.82) is 0 Å². The van der Waals surface area contributed by atoms with Crippen LogP contribution in [0.4, 0.5) is 10.5 Å². The second kappa shape index (κ2) is 6.43. The standard InChI is InChI=1S/C18H25N3O3/c1-18(2,3)24-17(23)20-9-10-21(16(22)12-20)15-6-4-5-13-11-19-8-7-14(13)15/h4-6,19H,7-12H2,1-3H3. The summed E-state index contributed by atoms with van der Waals surface area (Å²) in [5, 5.41) is 3.35. The SMILES string of the molecule is CC(C)(C)OC(=O)N1CCN(c2cccc3c2CCNC3)C(=O)C1. The molecule has 1 saturated heterocycles. The van der Waals surface area contributed by atoms with Crippen molar-refractivity contribution in [3.8, 4) is 0 Å². The molecule has 2 aliphatic rings. The molecule has 0 spiro atoms. The lowest BCUT2D eigenvalue weighted by Crippen LogP contribution is -2.53. The van der Waals surface area contributed by atoms with E-state index < -0.39 is 11.7 Å². The molecule has 3 rings (SSSR count). The molecular formula is C18H25N3O3. The smallest absolute Gasteiger partial charge is 0.410 e. The van der Waals surface area contributed by atoms with Gasteiger partial charge in [0.25, 0.3) is 0 Å². The minimum absolute atomic E-state index is 0.0564. The number of nitrogens with zero attached hydrogens (tertiary/aromatic N) is 2. The average Bonchev–Trinajstić information content (AvgIpc) is 2.53. The predicted molar refractivity (Wildman–Crippen MR) is 92.0 cm³/mol. The maximum absolute atomic E-state index is 12.6. The molecule has 0 radical (unpaired) electrons. The quantitative estimate of drug-likeness (QED) is 0.854. The Morgan fingerprint density at radius 1 is 1.25 bits per heavy atom. The molecule has 0 unspecified atom stereocenters. The van der Waals surface area contributed by atoms with Crippen molar-refractivity contribution in [3.05, 3.63) is 29.3 Å². The summed E-state index contributed by atoms with van der Waals surface area (Å²) in [7, 11) is 0. The zero-order valence-electron chi connectivity index (χ0n) is 14.6. The number of rotatable bonds is 1. The van der Waals surface area contributed by atoms with Gasteiger partial charge in [0, 0.05) is 25.3 Å². The third kappa shape index (κ3) is 3.53. The second-order valence-electron chi connectivity index (χ2n) is 7.29. The first-order valence-electron chi connectivity index (χ1n) is 8.45. The van der Waals surface area contributed by atoms with Crippen molar-refractivity contribution < 1.29 is 14.3 Å². The minimum Gasteiger partial charge on any atom is -0.444 e. The van der Waals surface area contributed by atoms with E-state index in [9.17, 15) is 9.59 Å². The Balaban J connectivity index is 1.73. The number of nitrogens with one attached hydrogen (secondary N) is 1. The fourth-order valence-electron chi connectivity index (χ4n) is 3.17. The molecule has 0 aliphatic carbocycles. The van der Waals surface area contributed by atoms with Crippen molar-refractivity contribution >= 4 is 17.7 Å². The number of carbonyl (C=O) groups is 2. The highest BCUT2D eigenvalue weighted by atomic mass is 16.6. The van der Waals surface area contributed by atoms with Crippen LogP contribution in [0, 0.1) is 0 Å². The fraction of sp³-hybridized carbons (Fsp3) is 0.556. The van der Waals surface area contributed by atoms with Crippen LogP contribution >= 0.6 is 0 Å². The zero-order chi connectivity index (χ0) is 17.3. The number of amides is 2. The van der Waals surface area contributed by atoms with Crippen molar-refractivity contribution in [2.75, 3.05) is 31.1 Å². The number of benzene rings is 1. The van der Waals surface area contributed by atoms with E-state index in [2.05, 4.69) is 11.4 Å². The summed E-state index contributed by atoms with van der Waals surface area (Å²) in [6.45, 7) is 8.31. The van der Waals surface area contributed by atoms with E-state index in [1.165, 1.54) is 16.0 Å². The van der Waals surface area contributed by atoms with Crippen LogP contribution in [0.2, 0.25) is 0 Å². The molecule has 0 atom stereocenters. The van der Waals surface area contributed by atoms with Crippen LogP contribution < -0.4 is 10.2 Å². The lowest BCUT2D eigenvalue weighted by atomic mass is 9.98. The first-order chi connectivity index (χ1) is 11.3. The van der Waals surface area contributed by atoms with Gasteiger partial charge in [0.15, 0.2) is 0 Å². The number of piperazine rings is 1. The maximum atomic E-state index is 12.6. The van der Waals surface area contributed by atoms with Crippen molar-refractivity contribution in [1.82, 2.24) is 10.2 Å². The molecule has 6 nitrogen and oxygen atoms in total. The molecule has 0 saturated carbocycles. The van der Waals surface area contributed by atoms with E-state index >= 15 is 0 Å². The molecule has 2 heterocycles. The summed E-state index contributed by atoms with van der Waals surface area (Å²) in [4.78, 5) is 28.1. The number of carbonyl (C=O) groups excluding carboxylic acids is 2. The summed E-state index contributed by atoms with van der Waals surface area (Å²) in [5.41, 5.74) is 2.93. The molecule has 2 aliphatic heterocycles. The molecule has 0 bridgehead atoms. The van der Waals surface area contributed by atoms with Gasteiger partial charge < -0.3 is 15.0 Å². The van der Waals surface area contributed by atoms with E-state index in [1.807, 2.05) is 37.8 Å². The van der Waals surface area contributed by atoms with Gasteiger partial charge in [0.2, 0.25) is 5.91 Å². The Bertz CT molecular complexity index is 651. The number of fused-ring (bicyclic) bond motifs is 1. The van der Waals surface area contributed by atoms with Crippen LogP contribution in [0.5, 0.6) is 0 Å². The van der Waals surface area contributed by atoms with E-state index in [4.69, 9.17) is 4.74 Å². The summed E-state index contributed by atoms with van der Waals surface area (Å²) in [6.07, 6.45) is 0.500. The summed E-state index contributed by atoms with van der Waals surface area (Å²) in [6, 6.07) is 6.10. The van der Waals surface area contributed by atoms with Crippen molar-refractivity contribution in [3.63, 3.8) is 0 Å². The Hall–Kier alpha value is -2.08. The number of hydrogen-bond donors (Lipinski definition) is 1. The molecule has 1 fully saturated rings. The Kier molecular flexibility index (Phi) is 4.49. The van der Waals surface area contributed by atoms with Crippen molar-refractivity contribution in [2.24, 2.45) is 0 Å². The van der Waals surface area contributed by atoms with E-state index in [0.717, 1.165) is 25.2 Å². The molecule has 24 heavy (non-hydrogen) atoms. The van der Waals surface area contributed by atoms with Gasteiger partial charge in [0.05, 0.1) is 0 Å². The van der Waals surface area contributed by atoms with E-state index in [1.54, 1.807) is 0 Å². The van der Waals surface area contributed by atoms with Gasteiger partial charge in [-0.15, -0.1) is 0 Å². The van der Waals surface area contributed by atoms with Crippen molar-refractivity contribution in [2.45, 2.75) is 39.3 Å². The van der Waals surface area contributed by atoms with Gasteiger partial charge in [-0.25, -0.2) is 4.79 Å². The predicted octanol–water partition coefficient (Wildman–Crippen LogP) is 1.92. The molecule has 6 heteroatoms. The molecule has 1 N–H and O–H groups in total. The second-order valence-corrected chi connectivity index (χ2v) is 7.29. The molecule has 0 aromatic heterocycles. The first kappa shape index (κ1) is 16.8. The lowest BCUT2D eigenvalue weighted by molar-refractivity contribution is -0.121. The Morgan fingerprint density at radius 3 is 2.75 bits per heavy atom. The molecule has 1 aromatic rings. The van der Waals surface area contributed by atoms with Gasteiger partial charge >= 0.3 is 6.09 Å². The highest BCUT2D eigenvalue weighted by Crippen LogP contribution is 2.28. The topological polar surface area (TPSA) is 61.9 Å². The average molecular weight is 331 g/mol. The van der Waals surface area contributed by atoms with Crippen LogP contribution in [0.3, 0.4) is 0 Å². The van der Waals surface area contributed by atoms with Crippen LogP contribution in [-0.2, 0) is 22.5 Å².